The van der Waals surface area contributed by atoms with Crippen LogP contribution in [0.15, 0.2) is 41.3 Å². The molecule has 0 amide bonds. The molecule has 2 aromatic carbocycles. The molecule has 0 unspecified atom stereocenters. The van der Waals surface area contributed by atoms with Crippen LogP contribution < -0.4 is 21.9 Å². The van der Waals surface area contributed by atoms with Gasteiger partial charge in [-0.2, -0.15) is 5.21 Å². The zero-order chi connectivity index (χ0) is 29.0. The summed E-state index contributed by atoms with van der Waals surface area (Å²) in [4.78, 5) is 1.96. The smallest absolute Gasteiger partial charge is 0.239 e. The van der Waals surface area contributed by atoms with Gasteiger partial charge in [0.15, 0.2) is 5.96 Å². The largest absolute Gasteiger partial charge is 0.370 e. The number of primary sulfonamides is 1. The van der Waals surface area contributed by atoms with Crippen LogP contribution in [0.4, 0.5) is 0 Å². The fourth-order valence-electron chi connectivity index (χ4n) is 6.45. The second kappa shape index (κ2) is 12.6. The van der Waals surface area contributed by atoms with Crippen molar-refractivity contribution in [3.05, 3.63) is 47.5 Å². The van der Waals surface area contributed by atoms with Crippen molar-refractivity contribution in [3.8, 4) is 22.5 Å². The number of benzene rings is 2. The van der Waals surface area contributed by atoms with E-state index in [1.165, 1.54) is 5.56 Å². The molecule has 13 heteroatoms. The Balaban J connectivity index is 1.42. The van der Waals surface area contributed by atoms with E-state index in [9.17, 15) is 8.42 Å². The first-order valence-corrected chi connectivity index (χ1v) is 15.8. The van der Waals surface area contributed by atoms with E-state index >= 15 is 0 Å². The number of rotatable bonds is 9. The molecular weight excluding hydrogens is 540 g/mol. The summed E-state index contributed by atoms with van der Waals surface area (Å²) in [6.07, 6.45) is 7.61. The van der Waals surface area contributed by atoms with Crippen LogP contribution in [0, 0.1) is 11.3 Å². The Labute approximate surface area is 241 Å². The van der Waals surface area contributed by atoms with Crippen LogP contribution in [0.25, 0.3) is 22.5 Å². The summed E-state index contributed by atoms with van der Waals surface area (Å²) >= 11 is 0. The predicted octanol–water partition coefficient (Wildman–Crippen LogP) is 2.25. The second-order valence-corrected chi connectivity index (χ2v) is 12.7. The molecule has 0 atom stereocenters. The molecule has 3 aromatic rings. The molecule has 2 heterocycles. The van der Waals surface area contributed by atoms with Gasteiger partial charge in [0.25, 0.3) is 0 Å². The molecular formula is C28H40N10O2S. The van der Waals surface area contributed by atoms with Gasteiger partial charge >= 0.3 is 0 Å². The number of nitrogens with two attached hydrogens (primary N) is 3. The number of aryl methyl sites for hydroxylation is 1. The van der Waals surface area contributed by atoms with Gasteiger partial charge < -0.3 is 21.7 Å². The van der Waals surface area contributed by atoms with Gasteiger partial charge in [0.05, 0.1) is 10.5 Å². The molecule has 9 N–H and O–H groups in total. The standard InChI is InChI=1S/C28H40N10O2S/c29-17-33-23-10-2-18(3-11-23)1-4-22-9-12-24(25(26(22)41(32,39)40)27-34-36-37-35-27)21-7-5-19(6-8-21)20-13-15-38(16-14-20)28(30)31/h5-9,12,18,20,23,33H,1-4,10-11,13-17,29H2,(H3,30,31)(H2,32,39,40)(H,34,35,36,37). The first-order valence-electron chi connectivity index (χ1n) is 14.3. The Bertz CT molecular complexity index is 1430. The number of hydrogen-bond donors (Lipinski definition) is 6. The molecule has 1 saturated carbocycles. The van der Waals surface area contributed by atoms with Crippen LogP contribution >= 0.6 is 0 Å². The maximum atomic E-state index is 13.1. The Morgan fingerprint density at radius 3 is 2.34 bits per heavy atom. The number of H-pyrrole nitrogens is 1. The third kappa shape index (κ3) is 6.75. The lowest BCUT2D eigenvalue weighted by atomic mass is 9.82. The Morgan fingerprint density at radius 1 is 1.05 bits per heavy atom. The number of tetrazole rings is 1. The maximum absolute atomic E-state index is 13.1. The highest BCUT2D eigenvalue weighted by molar-refractivity contribution is 7.89. The molecule has 0 radical (unpaired) electrons. The van der Waals surface area contributed by atoms with Crippen LogP contribution in [0.2, 0.25) is 0 Å². The number of hydrogen-bond acceptors (Lipinski definition) is 8. The first-order chi connectivity index (χ1) is 19.7. The summed E-state index contributed by atoms with van der Waals surface area (Å²) < 4.78 is 26.2. The van der Waals surface area contributed by atoms with Gasteiger partial charge in [-0.3, -0.25) is 5.41 Å². The maximum Gasteiger partial charge on any atom is 0.239 e. The monoisotopic (exact) mass is 580 g/mol. The van der Waals surface area contributed by atoms with Crippen molar-refractivity contribution in [2.75, 3.05) is 19.8 Å². The van der Waals surface area contributed by atoms with Gasteiger partial charge in [-0.05, 0) is 90.7 Å². The van der Waals surface area contributed by atoms with Crippen molar-refractivity contribution < 1.29 is 8.42 Å². The molecule has 220 valence electrons. The molecule has 1 aromatic heterocycles. The van der Waals surface area contributed by atoms with Crippen LogP contribution in [0.3, 0.4) is 0 Å². The van der Waals surface area contributed by atoms with Gasteiger partial charge in [0.1, 0.15) is 0 Å². The van der Waals surface area contributed by atoms with Crippen molar-refractivity contribution in [1.82, 2.24) is 30.8 Å². The van der Waals surface area contributed by atoms with E-state index in [1.807, 2.05) is 29.2 Å². The minimum Gasteiger partial charge on any atom is -0.370 e. The predicted molar refractivity (Wildman–Crippen MR) is 158 cm³/mol. The summed E-state index contributed by atoms with van der Waals surface area (Å²) in [5.41, 5.74) is 15.1. The highest BCUT2D eigenvalue weighted by Crippen LogP contribution is 2.39. The molecule has 41 heavy (non-hydrogen) atoms. The zero-order valence-electron chi connectivity index (χ0n) is 23.2. The Morgan fingerprint density at radius 2 is 1.76 bits per heavy atom. The van der Waals surface area contributed by atoms with Crippen LogP contribution in [-0.4, -0.2) is 65.7 Å². The minimum atomic E-state index is -4.11. The van der Waals surface area contributed by atoms with E-state index < -0.39 is 10.0 Å². The van der Waals surface area contributed by atoms with Crippen molar-refractivity contribution in [3.63, 3.8) is 0 Å². The molecule has 12 nitrogen and oxygen atoms in total. The highest BCUT2D eigenvalue weighted by Gasteiger charge is 2.28. The number of aromatic nitrogens is 4. The van der Waals surface area contributed by atoms with Crippen molar-refractivity contribution >= 4 is 16.0 Å². The zero-order valence-corrected chi connectivity index (χ0v) is 24.0. The molecule has 2 fully saturated rings. The van der Waals surface area contributed by atoms with Crippen LogP contribution in [0.5, 0.6) is 0 Å². The number of nitrogens with zero attached hydrogens (tertiary/aromatic N) is 4. The van der Waals surface area contributed by atoms with Crippen molar-refractivity contribution in [2.45, 2.75) is 68.2 Å². The third-order valence-corrected chi connectivity index (χ3v) is 9.73. The van der Waals surface area contributed by atoms with Gasteiger partial charge in [0.2, 0.25) is 15.8 Å². The lowest BCUT2D eigenvalue weighted by Crippen LogP contribution is -2.41. The van der Waals surface area contributed by atoms with E-state index in [2.05, 4.69) is 38.1 Å². The van der Waals surface area contributed by atoms with E-state index in [4.69, 9.17) is 22.0 Å². The summed E-state index contributed by atoms with van der Waals surface area (Å²) in [6, 6.07) is 12.5. The van der Waals surface area contributed by atoms with Crippen LogP contribution in [0.1, 0.15) is 62.0 Å². The Hall–Kier alpha value is -3.39. The number of sulfonamides is 1. The second-order valence-electron chi connectivity index (χ2n) is 11.2. The number of piperidine rings is 1. The summed E-state index contributed by atoms with van der Waals surface area (Å²) in [6.45, 7) is 2.01. The Kier molecular flexibility index (Phi) is 8.97. The SMILES string of the molecule is N=C(N)N1CCC(c2ccc(-c3ccc(CCC4CCC(NCN)CC4)c(S(N)(=O)=O)c3-c3nn[nH]n3)cc2)CC1. The molecule has 0 bridgehead atoms. The fraction of sp³-hybridized carbons (Fsp3) is 0.500. The molecule has 0 spiro atoms. The molecule has 1 saturated heterocycles. The quantitative estimate of drug-likeness (QED) is 0.124. The lowest BCUT2D eigenvalue weighted by molar-refractivity contribution is 0.281. The van der Waals surface area contributed by atoms with Gasteiger partial charge in [-0.1, -0.05) is 36.4 Å². The number of nitrogens with one attached hydrogen (secondary N) is 3. The first kappa shape index (κ1) is 29.1. The molecule has 2 aliphatic rings. The van der Waals surface area contributed by atoms with Gasteiger partial charge in [-0.25, -0.2) is 13.6 Å². The molecule has 5 rings (SSSR count). The summed E-state index contributed by atoms with van der Waals surface area (Å²) in [5.74, 6) is 1.20. The van der Waals surface area contributed by atoms with Crippen molar-refractivity contribution in [2.24, 2.45) is 22.5 Å². The summed E-state index contributed by atoms with van der Waals surface area (Å²) in [5, 5.41) is 31.3. The average Bonchev–Trinajstić information content (AvgIpc) is 3.51. The molecule has 1 aliphatic heterocycles. The van der Waals surface area contributed by atoms with E-state index in [0.29, 0.717) is 47.7 Å². The number of likely N-dealkylation sites (tertiary alicyclic amines) is 1. The highest BCUT2D eigenvalue weighted by atomic mass is 32.2. The van der Waals surface area contributed by atoms with E-state index in [1.54, 1.807) is 0 Å². The normalized spacial score (nSPS) is 20.3. The topological polar surface area (TPSA) is 206 Å². The minimum absolute atomic E-state index is 0.0653. The third-order valence-electron chi connectivity index (χ3n) is 8.70. The van der Waals surface area contributed by atoms with Gasteiger partial charge in [0, 0.05) is 25.8 Å². The van der Waals surface area contributed by atoms with Crippen molar-refractivity contribution in [1.29, 1.82) is 5.41 Å². The fourth-order valence-corrected chi connectivity index (χ4v) is 7.47. The average molecular weight is 581 g/mol. The number of guanidine groups is 1. The lowest BCUT2D eigenvalue weighted by Gasteiger charge is -2.32. The van der Waals surface area contributed by atoms with Crippen LogP contribution in [-0.2, 0) is 16.4 Å². The van der Waals surface area contributed by atoms with Gasteiger partial charge in [-0.15, -0.1) is 10.2 Å². The number of aromatic amines is 1. The molecule has 1 aliphatic carbocycles. The van der Waals surface area contributed by atoms with E-state index in [0.717, 1.165) is 63.6 Å². The van der Waals surface area contributed by atoms with E-state index in [-0.39, 0.29) is 16.7 Å². The summed E-state index contributed by atoms with van der Waals surface area (Å²) in [7, 11) is -4.11.